The van der Waals surface area contributed by atoms with Crippen LogP contribution in [0.1, 0.15) is 181 Å². The van der Waals surface area contributed by atoms with E-state index in [1.807, 2.05) is 21.1 Å². The lowest BCUT2D eigenvalue weighted by atomic mass is 10.1. The number of carbonyl (C=O) groups is 1. The predicted octanol–water partition coefficient (Wildman–Crippen LogP) is 12.0. The number of ether oxygens (including phenoxy) is 2. The first-order chi connectivity index (χ1) is 25.6. The summed E-state index contributed by atoms with van der Waals surface area (Å²) in [6.07, 6.45) is 42.9. The lowest BCUT2D eigenvalue weighted by molar-refractivity contribution is -0.870. The van der Waals surface area contributed by atoms with Crippen LogP contribution >= 0.6 is 7.82 Å². The Morgan fingerprint density at radius 3 is 1.58 bits per heavy atom. The van der Waals surface area contributed by atoms with Crippen LogP contribution in [0.15, 0.2) is 36.5 Å². The number of hydrogen-bond donors (Lipinski definition) is 0. The number of unbranched alkanes of at least 4 members (excludes halogenated alkanes) is 20. The zero-order valence-electron chi connectivity index (χ0n) is 35.2. The molecule has 0 aliphatic heterocycles. The van der Waals surface area contributed by atoms with Crippen molar-refractivity contribution in [3.63, 3.8) is 0 Å². The van der Waals surface area contributed by atoms with Crippen LogP contribution in [0.25, 0.3) is 0 Å². The lowest BCUT2D eigenvalue weighted by Crippen LogP contribution is -2.37. The number of hydrogen-bond acceptors (Lipinski definition) is 7. The molecule has 0 rings (SSSR count). The lowest BCUT2D eigenvalue weighted by Gasteiger charge is -2.28. The first-order valence-corrected chi connectivity index (χ1v) is 23.2. The summed E-state index contributed by atoms with van der Waals surface area (Å²) in [5.41, 5.74) is 0. The number of likely N-dealkylation sites (N-methyl/N-ethyl adjacent to an activating group) is 1. The predicted molar refractivity (Wildman–Crippen MR) is 222 cm³/mol. The van der Waals surface area contributed by atoms with Gasteiger partial charge in [0.2, 0.25) is 0 Å². The van der Waals surface area contributed by atoms with E-state index in [0.29, 0.717) is 24.1 Å². The maximum absolute atomic E-state index is 12.7. The second-order valence-corrected chi connectivity index (χ2v) is 17.1. The van der Waals surface area contributed by atoms with E-state index in [1.54, 1.807) is 0 Å². The van der Waals surface area contributed by atoms with E-state index in [0.717, 1.165) is 57.8 Å². The molecular formula is C44H84NO7P. The van der Waals surface area contributed by atoms with Crippen LogP contribution in [0.3, 0.4) is 0 Å². The van der Waals surface area contributed by atoms with Crippen molar-refractivity contribution in [3.05, 3.63) is 36.5 Å². The Balaban J connectivity index is 4.28. The SMILES string of the molecule is CCCCC/C=C\C/C=C\CCCCCCCC(=O)O[C@H](COCCCCCCCC/C=C\CCCCCCCC)COP(=O)([O-])OCC[N+](C)(C)C. The van der Waals surface area contributed by atoms with E-state index in [2.05, 4.69) is 50.3 Å². The molecule has 0 N–H and O–H groups in total. The summed E-state index contributed by atoms with van der Waals surface area (Å²) in [5.74, 6) is -0.350. The Labute approximate surface area is 327 Å². The highest BCUT2D eigenvalue weighted by molar-refractivity contribution is 7.45. The number of rotatable bonds is 40. The average molecular weight is 770 g/mol. The summed E-state index contributed by atoms with van der Waals surface area (Å²) in [5, 5.41) is 0. The van der Waals surface area contributed by atoms with Crippen molar-refractivity contribution in [3.8, 4) is 0 Å². The maximum Gasteiger partial charge on any atom is 0.306 e. The minimum atomic E-state index is -4.53. The number of quaternary nitrogens is 1. The van der Waals surface area contributed by atoms with Gasteiger partial charge in [0.1, 0.15) is 19.3 Å². The molecule has 0 spiro atoms. The van der Waals surface area contributed by atoms with Gasteiger partial charge in [-0.05, 0) is 70.6 Å². The van der Waals surface area contributed by atoms with Gasteiger partial charge in [-0.15, -0.1) is 0 Å². The molecule has 312 valence electrons. The highest BCUT2D eigenvalue weighted by Gasteiger charge is 2.20. The standard InChI is InChI=1S/C44H84NO7P/c1-6-8-10-12-14-16-18-20-22-24-26-28-30-32-34-36-39-49-41-43(42-51-53(47,48)50-40-38-45(3,4)5)52-44(46)37-35-33-31-29-27-25-23-21-19-17-15-13-11-9-7-2/h15,17,20-23,43H,6-14,16,18-19,24-42H2,1-5H3/b17-15-,22-20-,23-21-/t43-/m1/s1. The number of esters is 1. The van der Waals surface area contributed by atoms with Gasteiger partial charge in [-0.2, -0.15) is 0 Å². The fraction of sp³-hybridized carbons (Fsp3) is 0.841. The van der Waals surface area contributed by atoms with E-state index in [4.69, 9.17) is 18.5 Å². The van der Waals surface area contributed by atoms with Crippen molar-refractivity contribution in [2.45, 2.75) is 187 Å². The normalized spacial score (nSPS) is 14.2. The zero-order valence-corrected chi connectivity index (χ0v) is 36.1. The fourth-order valence-corrected chi connectivity index (χ4v) is 6.47. The van der Waals surface area contributed by atoms with Crippen LogP contribution in [-0.2, 0) is 27.9 Å². The number of allylic oxidation sites excluding steroid dienone is 6. The molecule has 2 atom stereocenters. The summed E-state index contributed by atoms with van der Waals surface area (Å²) in [6.45, 7) is 5.35. The van der Waals surface area contributed by atoms with Crippen molar-refractivity contribution in [1.82, 2.24) is 0 Å². The molecule has 0 bridgehead atoms. The van der Waals surface area contributed by atoms with Gasteiger partial charge < -0.3 is 27.9 Å². The number of phosphoric acid groups is 1. The monoisotopic (exact) mass is 770 g/mol. The third kappa shape index (κ3) is 41.7. The largest absolute Gasteiger partial charge is 0.756 e. The molecule has 0 saturated carbocycles. The third-order valence-corrected chi connectivity index (χ3v) is 10.1. The van der Waals surface area contributed by atoms with E-state index < -0.39 is 13.9 Å². The molecule has 8 nitrogen and oxygen atoms in total. The minimum absolute atomic E-state index is 0.0218. The third-order valence-electron chi connectivity index (χ3n) is 9.16. The molecule has 0 radical (unpaired) electrons. The van der Waals surface area contributed by atoms with Gasteiger partial charge in [-0.25, -0.2) is 0 Å². The average Bonchev–Trinajstić information content (AvgIpc) is 3.11. The second-order valence-electron chi connectivity index (χ2n) is 15.7. The van der Waals surface area contributed by atoms with Crippen molar-refractivity contribution in [2.24, 2.45) is 0 Å². The Kier molecular flexibility index (Phi) is 36.7. The first-order valence-electron chi connectivity index (χ1n) is 21.7. The molecule has 1 unspecified atom stereocenters. The fourth-order valence-electron chi connectivity index (χ4n) is 5.75. The summed E-state index contributed by atoms with van der Waals surface area (Å²) in [6, 6.07) is 0. The summed E-state index contributed by atoms with van der Waals surface area (Å²) >= 11 is 0. The number of carbonyl (C=O) groups excluding carboxylic acids is 1. The van der Waals surface area contributed by atoms with Gasteiger partial charge in [0.15, 0.2) is 0 Å². The van der Waals surface area contributed by atoms with Gasteiger partial charge in [-0.1, -0.05) is 140 Å². The van der Waals surface area contributed by atoms with Crippen LogP contribution in [0.2, 0.25) is 0 Å². The minimum Gasteiger partial charge on any atom is -0.756 e. The molecule has 53 heavy (non-hydrogen) atoms. The quantitative estimate of drug-likeness (QED) is 0.0201. The van der Waals surface area contributed by atoms with Crippen LogP contribution < -0.4 is 4.89 Å². The Hall–Kier alpha value is -1.28. The van der Waals surface area contributed by atoms with E-state index in [9.17, 15) is 14.3 Å². The van der Waals surface area contributed by atoms with Gasteiger partial charge >= 0.3 is 5.97 Å². The molecular weight excluding hydrogens is 685 g/mol. The molecule has 0 aromatic rings. The molecule has 0 heterocycles. The Bertz CT molecular complexity index is 947. The highest BCUT2D eigenvalue weighted by atomic mass is 31.2. The van der Waals surface area contributed by atoms with Crippen LogP contribution in [0.5, 0.6) is 0 Å². The Morgan fingerprint density at radius 2 is 1.04 bits per heavy atom. The Morgan fingerprint density at radius 1 is 0.585 bits per heavy atom. The molecule has 0 aromatic carbocycles. The number of nitrogens with zero attached hydrogens (tertiary/aromatic N) is 1. The molecule has 9 heteroatoms. The smallest absolute Gasteiger partial charge is 0.306 e. The summed E-state index contributed by atoms with van der Waals surface area (Å²) in [7, 11) is 1.34. The van der Waals surface area contributed by atoms with Crippen molar-refractivity contribution in [2.75, 3.05) is 54.1 Å². The van der Waals surface area contributed by atoms with Crippen molar-refractivity contribution < 1.29 is 37.3 Å². The molecule has 0 aliphatic carbocycles. The van der Waals surface area contributed by atoms with Crippen LogP contribution in [0, 0.1) is 0 Å². The summed E-state index contributed by atoms with van der Waals surface area (Å²) in [4.78, 5) is 25.0. The van der Waals surface area contributed by atoms with Gasteiger partial charge in [0.25, 0.3) is 7.82 Å². The second kappa shape index (κ2) is 37.6. The molecule has 0 amide bonds. The molecule has 0 fully saturated rings. The van der Waals surface area contributed by atoms with E-state index >= 15 is 0 Å². The highest BCUT2D eigenvalue weighted by Crippen LogP contribution is 2.38. The van der Waals surface area contributed by atoms with Gasteiger partial charge in [0.05, 0.1) is 34.4 Å². The van der Waals surface area contributed by atoms with Crippen molar-refractivity contribution in [1.29, 1.82) is 0 Å². The van der Waals surface area contributed by atoms with Crippen molar-refractivity contribution >= 4 is 13.8 Å². The first kappa shape index (κ1) is 51.7. The topological polar surface area (TPSA) is 94.1 Å². The number of phosphoric ester groups is 1. The zero-order chi connectivity index (χ0) is 39.1. The van der Waals surface area contributed by atoms with Crippen LogP contribution in [0.4, 0.5) is 0 Å². The van der Waals surface area contributed by atoms with Crippen LogP contribution in [-0.4, -0.2) is 70.7 Å². The van der Waals surface area contributed by atoms with E-state index in [-0.39, 0.29) is 25.8 Å². The van der Waals surface area contributed by atoms with Gasteiger partial charge in [-0.3, -0.25) is 9.36 Å². The maximum atomic E-state index is 12.7. The molecule has 0 aliphatic rings. The molecule has 0 aromatic heterocycles. The summed E-state index contributed by atoms with van der Waals surface area (Å²) < 4.78 is 34.5. The molecule has 0 saturated heterocycles. The van der Waals surface area contributed by atoms with Gasteiger partial charge in [0, 0.05) is 13.0 Å². The van der Waals surface area contributed by atoms with E-state index in [1.165, 1.54) is 103 Å².